The summed E-state index contributed by atoms with van der Waals surface area (Å²) in [6, 6.07) is 9.24. The topological polar surface area (TPSA) is 39.2 Å². The van der Waals surface area contributed by atoms with Crippen LogP contribution in [0.5, 0.6) is 0 Å². The Morgan fingerprint density at radius 2 is 2.20 bits per heavy atom. The molecule has 0 bridgehead atoms. The first kappa shape index (κ1) is 9.80. The van der Waals surface area contributed by atoms with E-state index in [-0.39, 0.29) is 12.4 Å². The van der Waals surface area contributed by atoms with Crippen LogP contribution in [-0.2, 0) is 4.74 Å². The normalized spacial score (nSPS) is 10.5. The van der Waals surface area contributed by atoms with Gasteiger partial charge in [0.2, 0.25) is 0 Å². The number of pyridine rings is 1. The fourth-order valence-corrected chi connectivity index (χ4v) is 1.56. The van der Waals surface area contributed by atoms with Gasteiger partial charge in [-0.25, -0.2) is 0 Å². The van der Waals surface area contributed by atoms with Crippen molar-refractivity contribution >= 4 is 16.7 Å². The molecule has 0 spiro atoms. The van der Waals surface area contributed by atoms with Gasteiger partial charge in [-0.2, -0.15) is 0 Å². The highest BCUT2D eigenvalue weighted by Crippen LogP contribution is 2.16. The molecule has 0 saturated carbocycles. The average molecular weight is 201 g/mol. The lowest BCUT2D eigenvalue weighted by Gasteiger charge is -2.03. The van der Waals surface area contributed by atoms with Crippen LogP contribution in [0.1, 0.15) is 10.4 Å². The molecule has 0 aliphatic carbocycles. The number of hydrogen-bond acceptors (Lipinski definition) is 3. The molecule has 76 valence electrons. The zero-order valence-electron chi connectivity index (χ0n) is 8.43. The molecular formula is C12H11NO2. The number of hydrogen-bond donors (Lipinski definition) is 0. The van der Waals surface area contributed by atoms with E-state index in [0.29, 0.717) is 5.56 Å². The zero-order valence-corrected chi connectivity index (χ0v) is 8.43. The molecule has 0 atom stereocenters. The van der Waals surface area contributed by atoms with Crippen molar-refractivity contribution in [2.24, 2.45) is 0 Å². The molecule has 0 N–H and O–H groups in total. The highest BCUT2D eigenvalue weighted by atomic mass is 16.5. The molecule has 1 heterocycles. The third-order valence-electron chi connectivity index (χ3n) is 2.22. The number of nitrogens with zero attached hydrogens (tertiary/aromatic N) is 1. The van der Waals surface area contributed by atoms with E-state index in [1.807, 2.05) is 24.3 Å². The van der Waals surface area contributed by atoms with Crippen LogP contribution in [0.15, 0.2) is 36.5 Å². The van der Waals surface area contributed by atoms with Crippen LogP contribution in [0.2, 0.25) is 0 Å². The fraction of sp³-hybridized carbons (Fsp3) is 0.167. The van der Waals surface area contributed by atoms with Gasteiger partial charge in [0.05, 0.1) is 5.52 Å². The van der Waals surface area contributed by atoms with Crippen LogP contribution < -0.4 is 0 Å². The van der Waals surface area contributed by atoms with Gasteiger partial charge in [0.15, 0.2) is 5.78 Å². The van der Waals surface area contributed by atoms with Crippen LogP contribution in [0, 0.1) is 0 Å². The standard InChI is InChI=1S/C12H11NO2/c1-15-8-12(14)10-4-2-6-11-9(10)5-3-7-13-11/h2-7H,8H2,1H3. The molecule has 0 saturated heterocycles. The molecular weight excluding hydrogens is 190 g/mol. The Balaban J connectivity index is 2.56. The van der Waals surface area contributed by atoms with E-state index in [4.69, 9.17) is 4.74 Å². The minimum absolute atomic E-state index is 0.0175. The van der Waals surface area contributed by atoms with Gasteiger partial charge in [-0.1, -0.05) is 18.2 Å². The molecule has 2 rings (SSSR count). The number of ketones is 1. The molecule has 3 heteroatoms. The third-order valence-corrected chi connectivity index (χ3v) is 2.22. The van der Waals surface area contributed by atoms with Gasteiger partial charge >= 0.3 is 0 Å². The maximum atomic E-state index is 11.7. The van der Waals surface area contributed by atoms with Gasteiger partial charge in [0, 0.05) is 24.3 Å². The number of benzene rings is 1. The Morgan fingerprint density at radius 1 is 1.33 bits per heavy atom. The number of methoxy groups -OCH3 is 1. The highest BCUT2D eigenvalue weighted by Gasteiger charge is 2.08. The number of carbonyl (C=O) groups excluding carboxylic acids is 1. The molecule has 15 heavy (non-hydrogen) atoms. The second-order valence-electron chi connectivity index (χ2n) is 3.23. The Labute approximate surface area is 87.7 Å². The largest absolute Gasteiger partial charge is 0.377 e. The molecule has 0 aliphatic rings. The predicted octanol–water partition coefficient (Wildman–Crippen LogP) is 2.06. The number of ether oxygens (including phenoxy) is 1. The maximum Gasteiger partial charge on any atom is 0.189 e. The van der Waals surface area contributed by atoms with Gasteiger partial charge in [-0.05, 0) is 12.1 Å². The second kappa shape index (κ2) is 4.19. The van der Waals surface area contributed by atoms with Crippen LogP contribution in [0.3, 0.4) is 0 Å². The van der Waals surface area contributed by atoms with Gasteiger partial charge in [-0.15, -0.1) is 0 Å². The van der Waals surface area contributed by atoms with Gasteiger partial charge in [0.25, 0.3) is 0 Å². The lowest BCUT2D eigenvalue weighted by molar-refractivity contribution is 0.0850. The summed E-state index contributed by atoms with van der Waals surface area (Å²) in [4.78, 5) is 15.9. The predicted molar refractivity (Wildman–Crippen MR) is 57.9 cm³/mol. The number of fused-ring (bicyclic) bond motifs is 1. The van der Waals surface area contributed by atoms with E-state index >= 15 is 0 Å². The van der Waals surface area contributed by atoms with Gasteiger partial charge < -0.3 is 4.74 Å². The Hall–Kier alpha value is -1.74. The molecule has 0 fully saturated rings. The van der Waals surface area contributed by atoms with Crippen molar-refractivity contribution in [3.8, 4) is 0 Å². The fourth-order valence-electron chi connectivity index (χ4n) is 1.56. The van der Waals surface area contributed by atoms with E-state index < -0.39 is 0 Å². The smallest absolute Gasteiger partial charge is 0.189 e. The van der Waals surface area contributed by atoms with Crippen LogP contribution in [0.25, 0.3) is 10.9 Å². The molecule has 0 unspecified atom stereocenters. The van der Waals surface area contributed by atoms with E-state index in [1.54, 1.807) is 12.3 Å². The molecule has 0 aliphatic heterocycles. The molecule has 0 amide bonds. The third kappa shape index (κ3) is 1.87. The molecule has 2 aromatic rings. The zero-order chi connectivity index (χ0) is 10.7. The van der Waals surface area contributed by atoms with Crippen molar-refractivity contribution in [2.45, 2.75) is 0 Å². The summed E-state index contributed by atoms with van der Waals surface area (Å²) in [5.74, 6) is -0.0175. The Morgan fingerprint density at radius 3 is 3.00 bits per heavy atom. The quantitative estimate of drug-likeness (QED) is 0.713. The summed E-state index contributed by atoms with van der Waals surface area (Å²) in [7, 11) is 1.52. The summed E-state index contributed by atoms with van der Waals surface area (Å²) in [5.41, 5.74) is 1.50. The van der Waals surface area contributed by atoms with Crippen LogP contribution in [0.4, 0.5) is 0 Å². The first-order chi connectivity index (χ1) is 7.33. The van der Waals surface area contributed by atoms with Crippen molar-refractivity contribution in [3.05, 3.63) is 42.1 Å². The molecule has 1 aromatic carbocycles. The van der Waals surface area contributed by atoms with Crippen molar-refractivity contribution in [3.63, 3.8) is 0 Å². The minimum Gasteiger partial charge on any atom is -0.377 e. The lowest BCUT2D eigenvalue weighted by atomic mass is 10.1. The SMILES string of the molecule is COCC(=O)c1cccc2ncccc12. The van der Waals surface area contributed by atoms with E-state index in [2.05, 4.69) is 4.98 Å². The summed E-state index contributed by atoms with van der Waals surface area (Å²) >= 11 is 0. The summed E-state index contributed by atoms with van der Waals surface area (Å²) < 4.78 is 4.84. The average Bonchev–Trinajstić information content (AvgIpc) is 2.28. The summed E-state index contributed by atoms with van der Waals surface area (Å²) in [6.45, 7) is 0.105. The van der Waals surface area contributed by atoms with Crippen molar-refractivity contribution in [1.82, 2.24) is 4.98 Å². The first-order valence-electron chi connectivity index (χ1n) is 4.69. The van der Waals surface area contributed by atoms with Gasteiger partial charge in [-0.3, -0.25) is 9.78 Å². The maximum absolute atomic E-state index is 11.7. The molecule has 1 aromatic heterocycles. The van der Waals surface area contributed by atoms with Crippen molar-refractivity contribution in [2.75, 3.05) is 13.7 Å². The monoisotopic (exact) mass is 201 g/mol. The van der Waals surface area contributed by atoms with Gasteiger partial charge in [0.1, 0.15) is 6.61 Å². The Kier molecular flexibility index (Phi) is 2.74. The molecule has 0 radical (unpaired) electrons. The highest BCUT2D eigenvalue weighted by molar-refractivity contribution is 6.07. The second-order valence-corrected chi connectivity index (χ2v) is 3.23. The molecule has 3 nitrogen and oxygen atoms in total. The Bertz CT molecular complexity index is 488. The lowest BCUT2D eigenvalue weighted by Crippen LogP contribution is -2.07. The number of rotatable bonds is 3. The van der Waals surface area contributed by atoms with Crippen LogP contribution in [-0.4, -0.2) is 24.5 Å². The number of Topliss-reactive ketones (excluding diaryl/α,β-unsaturated/α-hetero) is 1. The summed E-state index contributed by atoms with van der Waals surface area (Å²) in [5, 5.41) is 0.877. The summed E-state index contributed by atoms with van der Waals surface area (Å²) in [6.07, 6.45) is 1.72. The number of carbonyl (C=O) groups is 1. The van der Waals surface area contributed by atoms with E-state index in [0.717, 1.165) is 10.9 Å². The van der Waals surface area contributed by atoms with E-state index in [9.17, 15) is 4.79 Å². The van der Waals surface area contributed by atoms with Crippen molar-refractivity contribution in [1.29, 1.82) is 0 Å². The number of aromatic nitrogens is 1. The minimum atomic E-state index is -0.0175. The first-order valence-corrected chi connectivity index (χ1v) is 4.69. The van der Waals surface area contributed by atoms with Crippen LogP contribution >= 0.6 is 0 Å². The van der Waals surface area contributed by atoms with E-state index in [1.165, 1.54) is 7.11 Å². The van der Waals surface area contributed by atoms with Crippen molar-refractivity contribution < 1.29 is 9.53 Å².